The smallest absolute Gasteiger partial charge is 0.142 e. The molecule has 2 N–H and O–H groups in total. The average Bonchev–Trinajstić information content (AvgIpc) is 2.48. The molecule has 0 fully saturated rings. The average molecular weight is 271 g/mol. The van der Waals surface area contributed by atoms with Gasteiger partial charge in [0.1, 0.15) is 11.6 Å². The molecular formula is C16H21N3O. The molecule has 0 atom stereocenters. The molecule has 1 aromatic carbocycles. The summed E-state index contributed by atoms with van der Waals surface area (Å²) in [5, 5.41) is 0. The molecule has 0 saturated heterocycles. The van der Waals surface area contributed by atoms with Crippen LogP contribution in [0.15, 0.2) is 42.6 Å². The molecule has 2 aromatic rings. The Morgan fingerprint density at radius 2 is 2.05 bits per heavy atom. The van der Waals surface area contributed by atoms with Gasteiger partial charge in [0.25, 0.3) is 0 Å². The predicted molar refractivity (Wildman–Crippen MR) is 82.6 cm³/mol. The van der Waals surface area contributed by atoms with Crippen molar-refractivity contribution in [2.45, 2.75) is 13.3 Å². The van der Waals surface area contributed by atoms with E-state index in [0.29, 0.717) is 6.54 Å². The number of aromatic nitrogens is 1. The Balaban J connectivity index is 2.41. The molecule has 1 heterocycles. The zero-order valence-corrected chi connectivity index (χ0v) is 12.0. The fourth-order valence-electron chi connectivity index (χ4n) is 2.13. The van der Waals surface area contributed by atoms with Crippen LogP contribution in [0.5, 0.6) is 5.75 Å². The lowest BCUT2D eigenvalue weighted by atomic mass is 10.2. The number of ether oxygens (including phenoxy) is 1. The first-order valence-electron chi connectivity index (χ1n) is 6.79. The van der Waals surface area contributed by atoms with Gasteiger partial charge in [-0.3, -0.25) is 0 Å². The summed E-state index contributed by atoms with van der Waals surface area (Å²) < 4.78 is 5.46. The predicted octanol–water partition coefficient (Wildman–Crippen LogP) is 2.89. The number of methoxy groups -OCH3 is 1. The van der Waals surface area contributed by atoms with Gasteiger partial charge in [-0.05, 0) is 49.7 Å². The van der Waals surface area contributed by atoms with Crippen molar-refractivity contribution in [1.82, 2.24) is 4.98 Å². The second kappa shape index (κ2) is 6.91. The number of aryl methyl sites for hydroxylation is 1. The minimum atomic E-state index is 0.650. The molecule has 0 aliphatic rings. The quantitative estimate of drug-likeness (QED) is 0.877. The highest BCUT2D eigenvalue weighted by Gasteiger charge is 2.14. The van der Waals surface area contributed by atoms with E-state index in [2.05, 4.69) is 22.9 Å². The van der Waals surface area contributed by atoms with Crippen LogP contribution < -0.4 is 15.4 Å². The number of nitrogens with zero attached hydrogens (tertiary/aromatic N) is 2. The second-order valence-electron chi connectivity index (χ2n) is 4.66. The Labute approximate surface area is 120 Å². The molecule has 0 radical (unpaired) electrons. The largest absolute Gasteiger partial charge is 0.495 e. The molecule has 0 aliphatic heterocycles. The van der Waals surface area contributed by atoms with Crippen molar-refractivity contribution in [1.29, 1.82) is 0 Å². The summed E-state index contributed by atoms with van der Waals surface area (Å²) in [6.45, 7) is 3.53. The van der Waals surface area contributed by atoms with Crippen molar-refractivity contribution in [2.75, 3.05) is 25.1 Å². The standard InChI is InChI=1S/C16H21N3O/c1-13-8-10-18-16(12-13)19(11-5-9-17)14-6-3-4-7-15(14)20-2/h3-4,6-8,10,12H,5,9,11,17H2,1-2H3. The fraction of sp³-hybridized carbons (Fsp3) is 0.312. The number of para-hydroxylation sites is 2. The number of rotatable bonds is 6. The Morgan fingerprint density at radius 3 is 2.75 bits per heavy atom. The van der Waals surface area contributed by atoms with Gasteiger partial charge in [-0.1, -0.05) is 12.1 Å². The summed E-state index contributed by atoms with van der Waals surface area (Å²) in [5.74, 6) is 1.76. The van der Waals surface area contributed by atoms with Crippen molar-refractivity contribution >= 4 is 11.5 Å². The van der Waals surface area contributed by atoms with Crippen LogP contribution in [-0.4, -0.2) is 25.2 Å². The SMILES string of the molecule is COc1ccccc1N(CCCN)c1cc(C)ccn1. The van der Waals surface area contributed by atoms with E-state index >= 15 is 0 Å². The summed E-state index contributed by atoms with van der Waals surface area (Å²) in [6, 6.07) is 12.0. The van der Waals surface area contributed by atoms with E-state index in [1.54, 1.807) is 7.11 Å². The summed E-state index contributed by atoms with van der Waals surface area (Å²) >= 11 is 0. The summed E-state index contributed by atoms with van der Waals surface area (Å²) in [6.07, 6.45) is 2.73. The maximum atomic E-state index is 5.66. The van der Waals surface area contributed by atoms with Gasteiger partial charge in [-0.15, -0.1) is 0 Å². The van der Waals surface area contributed by atoms with Gasteiger partial charge >= 0.3 is 0 Å². The molecule has 0 aliphatic carbocycles. The normalized spacial score (nSPS) is 10.3. The zero-order chi connectivity index (χ0) is 14.4. The molecule has 4 heteroatoms. The van der Waals surface area contributed by atoms with E-state index in [4.69, 9.17) is 10.5 Å². The fourth-order valence-corrected chi connectivity index (χ4v) is 2.13. The van der Waals surface area contributed by atoms with Gasteiger partial charge < -0.3 is 15.4 Å². The molecule has 0 unspecified atom stereocenters. The third-order valence-corrected chi connectivity index (χ3v) is 3.14. The zero-order valence-electron chi connectivity index (χ0n) is 12.0. The lowest BCUT2D eigenvalue weighted by Gasteiger charge is -2.25. The molecule has 0 amide bonds. The first-order chi connectivity index (χ1) is 9.76. The minimum absolute atomic E-state index is 0.650. The lowest BCUT2D eigenvalue weighted by Crippen LogP contribution is -2.22. The van der Waals surface area contributed by atoms with Crippen LogP contribution in [0.1, 0.15) is 12.0 Å². The van der Waals surface area contributed by atoms with Crippen LogP contribution in [0.4, 0.5) is 11.5 Å². The lowest BCUT2D eigenvalue weighted by molar-refractivity contribution is 0.415. The summed E-state index contributed by atoms with van der Waals surface area (Å²) in [7, 11) is 1.68. The van der Waals surface area contributed by atoms with Crippen molar-refractivity contribution < 1.29 is 4.74 Å². The van der Waals surface area contributed by atoms with Crippen molar-refractivity contribution in [3.8, 4) is 5.75 Å². The van der Waals surface area contributed by atoms with E-state index in [0.717, 1.165) is 30.2 Å². The van der Waals surface area contributed by atoms with Crippen LogP contribution in [0, 0.1) is 6.92 Å². The first kappa shape index (κ1) is 14.3. The molecule has 0 bridgehead atoms. The van der Waals surface area contributed by atoms with E-state index in [1.807, 2.05) is 36.5 Å². The van der Waals surface area contributed by atoms with Crippen molar-refractivity contribution in [3.63, 3.8) is 0 Å². The molecular weight excluding hydrogens is 250 g/mol. The molecule has 1 aromatic heterocycles. The van der Waals surface area contributed by atoms with Gasteiger partial charge in [-0.2, -0.15) is 0 Å². The van der Waals surface area contributed by atoms with Gasteiger partial charge in [0.05, 0.1) is 12.8 Å². The molecule has 0 saturated carbocycles. The van der Waals surface area contributed by atoms with E-state index in [-0.39, 0.29) is 0 Å². The van der Waals surface area contributed by atoms with Crippen LogP contribution in [-0.2, 0) is 0 Å². The second-order valence-corrected chi connectivity index (χ2v) is 4.66. The van der Waals surface area contributed by atoms with Crippen LogP contribution in [0.3, 0.4) is 0 Å². The molecule has 106 valence electrons. The summed E-state index contributed by atoms with van der Waals surface area (Å²) in [4.78, 5) is 6.63. The van der Waals surface area contributed by atoms with Gasteiger partial charge in [0.15, 0.2) is 0 Å². The van der Waals surface area contributed by atoms with E-state index in [1.165, 1.54) is 5.56 Å². The summed E-state index contributed by atoms with van der Waals surface area (Å²) in [5.41, 5.74) is 7.85. The third-order valence-electron chi connectivity index (χ3n) is 3.14. The number of nitrogens with two attached hydrogens (primary N) is 1. The van der Waals surface area contributed by atoms with E-state index < -0.39 is 0 Å². The number of pyridine rings is 1. The molecule has 20 heavy (non-hydrogen) atoms. The maximum Gasteiger partial charge on any atom is 0.142 e. The maximum absolute atomic E-state index is 5.66. The first-order valence-corrected chi connectivity index (χ1v) is 6.79. The Bertz CT molecular complexity index is 557. The highest BCUT2D eigenvalue weighted by Crippen LogP contribution is 2.32. The number of anilines is 2. The van der Waals surface area contributed by atoms with Crippen LogP contribution in [0.2, 0.25) is 0 Å². The van der Waals surface area contributed by atoms with Crippen molar-refractivity contribution in [3.05, 3.63) is 48.2 Å². The van der Waals surface area contributed by atoms with Gasteiger partial charge in [0.2, 0.25) is 0 Å². The van der Waals surface area contributed by atoms with E-state index in [9.17, 15) is 0 Å². The number of benzene rings is 1. The van der Waals surface area contributed by atoms with Crippen molar-refractivity contribution in [2.24, 2.45) is 5.73 Å². The Kier molecular flexibility index (Phi) is 4.96. The third kappa shape index (κ3) is 3.27. The number of hydrogen-bond acceptors (Lipinski definition) is 4. The molecule has 4 nitrogen and oxygen atoms in total. The highest BCUT2D eigenvalue weighted by molar-refractivity contribution is 5.67. The molecule has 0 spiro atoms. The topological polar surface area (TPSA) is 51.4 Å². The number of hydrogen-bond donors (Lipinski definition) is 1. The monoisotopic (exact) mass is 271 g/mol. The Morgan fingerprint density at radius 1 is 1.25 bits per heavy atom. The molecule has 2 rings (SSSR count). The van der Waals surface area contributed by atoms with Gasteiger partial charge in [-0.25, -0.2) is 4.98 Å². The van der Waals surface area contributed by atoms with Gasteiger partial charge in [0, 0.05) is 12.7 Å². The van der Waals surface area contributed by atoms with Crippen LogP contribution in [0.25, 0.3) is 0 Å². The minimum Gasteiger partial charge on any atom is -0.495 e. The Hall–Kier alpha value is -2.07. The van der Waals surface area contributed by atoms with Crippen LogP contribution >= 0.6 is 0 Å². The highest BCUT2D eigenvalue weighted by atomic mass is 16.5.